The van der Waals surface area contributed by atoms with Gasteiger partial charge in [0, 0.05) is 12.8 Å². The highest BCUT2D eigenvalue weighted by Gasteiger charge is 2.31. The number of nitrogens with zero attached hydrogens (tertiary/aromatic N) is 1. The molecule has 0 unspecified atom stereocenters. The van der Waals surface area contributed by atoms with E-state index in [4.69, 9.17) is 5.73 Å². The van der Waals surface area contributed by atoms with Crippen LogP contribution in [0, 0.1) is 5.92 Å². The Labute approximate surface area is 113 Å². The van der Waals surface area contributed by atoms with Crippen LogP contribution in [-0.4, -0.2) is 18.4 Å². The topological polar surface area (TPSA) is 63.4 Å². The molecule has 4 nitrogen and oxygen atoms in total. The molecular weight excluding hydrogens is 240 g/mol. The number of imide groups is 1. The second kappa shape index (κ2) is 5.97. The number of anilines is 1. The maximum atomic E-state index is 12.0. The highest BCUT2D eigenvalue weighted by atomic mass is 16.2. The molecule has 0 spiro atoms. The van der Waals surface area contributed by atoms with Crippen LogP contribution in [0.25, 0.3) is 0 Å². The van der Waals surface area contributed by atoms with Gasteiger partial charge in [0.1, 0.15) is 0 Å². The third-order valence-corrected chi connectivity index (χ3v) is 3.38. The summed E-state index contributed by atoms with van der Waals surface area (Å²) in [5.41, 5.74) is 7.30. The van der Waals surface area contributed by atoms with Crippen LogP contribution < -0.4 is 10.6 Å². The normalized spacial score (nSPS) is 17.1. The van der Waals surface area contributed by atoms with Gasteiger partial charge in [0.25, 0.3) is 0 Å². The molecule has 1 aliphatic rings. The molecule has 0 bridgehead atoms. The second-order valence-electron chi connectivity index (χ2n) is 5.20. The Bertz CT molecular complexity index is 467. The zero-order valence-electron chi connectivity index (χ0n) is 11.3. The van der Waals surface area contributed by atoms with Crippen LogP contribution in [0.2, 0.25) is 0 Å². The highest BCUT2D eigenvalue weighted by molar-refractivity contribution is 6.16. The van der Waals surface area contributed by atoms with Crippen molar-refractivity contribution in [1.82, 2.24) is 0 Å². The number of rotatable bonds is 4. The van der Waals surface area contributed by atoms with Gasteiger partial charge in [0.2, 0.25) is 11.8 Å². The van der Waals surface area contributed by atoms with Gasteiger partial charge in [-0.2, -0.15) is 0 Å². The summed E-state index contributed by atoms with van der Waals surface area (Å²) in [5.74, 6) is -0.0453. The number of aryl methyl sites for hydroxylation is 1. The Morgan fingerprint density at radius 3 is 2.58 bits per heavy atom. The van der Waals surface area contributed by atoms with Crippen LogP contribution in [0.5, 0.6) is 0 Å². The maximum Gasteiger partial charge on any atom is 0.234 e. The molecule has 2 N–H and O–H groups in total. The quantitative estimate of drug-likeness (QED) is 0.840. The van der Waals surface area contributed by atoms with E-state index in [9.17, 15) is 9.59 Å². The smallest absolute Gasteiger partial charge is 0.234 e. The molecular formula is C15H20N2O2. The number of amides is 2. The lowest BCUT2D eigenvalue weighted by Gasteiger charge is -2.28. The summed E-state index contributed by atoms with van der Waals surface area (Å²) < 4.78 is 0. The van der Waals surface area contributed by atoms with Gasteiger partial charge in [-0.1, -0.05) is 19.1 Å². The zero-order valence-corrected chi connectivity index (χ0v) is 11.3. The lowest BCUT2D eigenvalue weighted by molar-refractivity contribution is -0.130. The summed E-state index contributed by atoms with van der Waals surface area (Å²) >= 11 is 0. The number of carbonyl (C=O) groups excluding carboxylic acids is 2. The molecule has 2 amide bonds. The maximum absolute atomic E-state index is 12.0. The summed E-state index contributed by atoms with van der Waals surface area (Å²) in [5, 5.41) is 0. The first-order valence-electron chi connectivity index (χ1n) is 6.76. The molecule has 0 radical (unpaired) electrons. The lowest BCUT2D eigenvalue weighted by Crippen LogP contribution is -2.42. The molecule has 0 aliphatic carbocycles. The van der Waals surface area contributed by atoms with Crippen molar-refractivity contribution in [2.24, 2.45) is 11.7 Å². The minimum Gasteiger partial charge on any atom is -0.330 e. The van der Waals surface area contributed by atoms with Crippen molar-refractivity contribution >= 4 is 17.5 Å². The van der Waals surface area contributed by atoms with Crippen molar-refractivity contribution in [3.63, 3.8) is 0 Å². The molecule has 1 aromatic carbocycles. The summed E-state index contributed by atoms with van der Waals surface area (Å²) in [4.78, 5) is 25.4. The van der Waals surface area contributed by atoms with E-state index in [0.717, 1.165) is 18.4 Å². The minimum absolute atomic E-state index is 0.0975. The van der Waals surface area contributed by atoms with Crippen LogP contribution in [0.3, 0.4) is 0 Å². The number of piperidine rings is 1. The number of hydrogen-bond donors (Lipinski definition) is 1. The third-order valence-electron chi connectivity index (χ3n) is 3.38. The first-order chi connectivity index (χ1) is 9.11. The predicted molar refractivity (Wildman–Crippen MR) is 74.7 cm³/mol. The predicted octanol–water partition coefficient (Wildman–Crippen LogP) is 1.87. The molecule has 0 atom stereocenters. The zero-order chi connectivity index (χ0) is 13.8. The van der Waals surface area contributed by atoms with Crippen molar-refractivity contribution in [2.75, 3.05) is 11.4 Å². The summed E-state index contributed by atoms with van der Waals surface area (Å²) in [6.45, 7) is 2.58. The molecule has 1 aliphatic heterocycles. The van der Waals surface area contributed by atoms with E-state index in [2.05, 4.69) is 0 Å². The first kappa shape index (κ1) is 13.7. The van der Waals surface area contributed by atoms with Crippen LogP contribution in [0.15, 0.2) is 24.3 Å². The number of carbonyl (C=O) groups is 2. The van der Waals surface area contributed by atoms with E-state index in [1.165, 1.54) is 4.90 Å². The van der Waals surface area contributed by atoms with Crippen molar-refractivity contribution in [1.29, 1.82) is 0 Å². The number of nitrogens with two attached hydrogens (primary N) is 1. The molecule has 4 heteroatoms. The molecule has 2 rings (SSSR count). The monoisotopic (exact) mass is 260 g/mol. The fourth-order valence-electron chi connectivity index (χ4n) is 2.44. The molecule has 102 valence electrons. The Morgan fingerprint density at radius 1 is 1.26 bits per heavy atom. The van der Waals surface area contributed by atoms with Crippen LogP contribution in [0.1, 0.15) is 31.7 Å². The number of hydrogen-bond acceptors (Lipinski definition) is 3. The Kier molecular flexibility index (Phi) is 4.32. The Balaban J connectivity index is 2.20. The number of benzene rings is 1. The molecule has 0 saturated carbocycles. The fourth-order valence-corrected chi connectivity index (χ4v) is 2.44. The van der Waals surface area contributed by atoms with Gasteiger partial charge in [-0.15, -0.1) is 0 Å². The van der Waals surface area contributed by atoms with E-state index < -0.39 is 0 Å². The van der Waals surface area contributed by atoms with Gasteiger partial charge >= 0.3 is 0 Å². The van der Waals surface area contributed by atoms with Crippen molar-refractivity contribution in [2.45, 2.75) is 32.6 Å². The third kappa shape index (κ3) is 3.20. The first-order valence-corrected chi connectivity index (χ1v) is 6.76. The van der Waals surface area contributed by atoms with Gasteiger partial charge in [-0.25, -0.2) is 0 Å². The van der Waals surface area contributed by atoms with E-state index in [-0.39, 0.29) is 17.7 Å². The Morgan fingerprint density at radius 2 is 1.95 bits per heavy atom. The standard InChI is InChI=1S/C15H20N2O2/c1-11-8-14(18)17(15(19)9-11)13-6-2-4-12(10-13)5-3-7-16/h2,4,6,10-11H,3,5,7-9,16H2,1H3. The van der Waals surface area contributed by atoms with Gasteiger partial charge in [-0.3, -0.25) is 14.5 Å². The Hall–Kier alpha value is -1.68. The van der Waals surface area contributed by atoms with E-state index in [1.54, 1.807) is 0 Å². The second-order valence-corrected chi connectivity index (χ2v) is 5.20. The van der Waals surface area contributed by atoms with E-state index in [1.807, 2.05) is 31.2 Å². The van der Waals surface area contributed by atoms with Crippen molar-refractivity contribution in [3.05, 3.63) is 29.8 Å². The average molecular weight is 260 g/mol. The van der Waals surface area contributed by atoms with Crippen LogP contribution in [-0.2, 0) is 16.0 Å². The van der Waals surface area contributed by atoms with E-state index >= 15 is 0 Å². The lowest BCUT2D eigenvalue weighted by atomic mass is 9.97. The van der Waals surface area contributed by atoms with Gasteiger partial charge in [-0.05, 0) is 43.0 Å². The summed E-state index contributed by atoms with van der Waals surface area (Å²) in [7, 11) is 0. The molecule has 1 aromatic rings. The summed E-state index contributed by atoms with van der Waals surface area (Å²) in [6.07, 6.45) is 2.66. The molecule has 19 heavy (non-hydrogen) atoms. The molecule has 1 fully saturated rings. The van der Waals surface area contributed by atoms with Gasteiger partial charge in [0.05, 0.1) is 5.69 Å². The summed E-state index contributed by atoms with van der Waals surface area (Å²) in [6, 6.07) is 7.62. The largest absolute Gasteiger partial charge is 0.330 e. The van der Waals surface area contributed by atoms with Crippen LogP contribution >= 0.6 is 0 Å². The molecule has 1 heterocycles. The average Bonchev–Trinajstić information content (AvgIpc) is 2.35. The molecule has 0 aromatic heterocycles. The van der Waals surface area contributed by atoms with Gasteiger partial charge < -0.3 is 5.73 Å². The minimum atomic E-state index is -0.0975. The van der Waals surface area contributed by atoms with E-state index in [0.29, 0.717) is 25.1 Å². The highest BCUT2D eigenvalue weighted by Crippen LogP contribution is 2.26. The fraction of sp³-hybridized carbons (Fsp3) is 0.467. The van der Waals surface area contributed by atoms with Gasteiger partial charge in [0.15, 0.2) is 0 Å². The SMILES string of the molecule is CC1CC(=O)N(c2cccc(CCCN)c2)C(=O)C1. The van der Waals surface area contributed by atoms with Crippen molar-refractivity contribution in [3.8, 4) is 0 Å². The van der Waals surface area contributed by atoms with Crippen molar-refractivity contribution < 1.29 is 9.59 Å². The van der Waals surface area contributed by atoms with Crippen LogP contribution in [0.4, 0.5) is 5.69 Å². The molecule has 1 saturated heterocycles.